The smallest absolute Gasteiger partial charge is 0.407 e. The minimum atomic E-state index is -0.656. The van der Waals surface area contributed by atoms with Crippen molar-refractivity contribution in [2.24, 2.45) is 22.7 Å². The zero-order valence-corrected chi connectivity index (χ0v) is 48.5. The number of methoxy groups -OCH3 is 2. The van der Waals surface area contributed by atoms with E-state index in [1.165, 1.54) is 47.6 Å². The molecule has 4 aromatic rings. The maximum atomic E-state index is 14.1. The van der Waals surface area contributed by atoms with Crippen LogP contribution in [0.25, 0.3) is 33.7 Å². The number of hydrogen-bond donors (Lipinski definition) is 4. The highest BCUT2D eigenvalue weighted by molar-refractivity contribution is 7.98. The summed E-state index contributed by atoms with van der Waals surface area (Å²) in [4.78, 5) is 73.8. The summed E-state index contributed by atoms with van der Waals surface area (Å²) in [6, 6.07) is 15.8. The zero-order valence-electron chi connectivity index (χ0n) is 46.9. The van der Waals surface area contributed by atoms with Crippen LogP contribution in [0.1, 0.15) is 140 Å². The van der Waals surface area contributed by atoms with Gasteiger partial charge in [0.1, 0.15) is 23.7 Å². The molecule has 78 heavy (non-hydrogen) atoms. The molecule has 0 unspecified atom stereocenters. The summed E-state index contributed by atoms with van der Waals surface area (Å²) in [6.07, 6.45) is 27.3. The number of nitrogens with one attached hydrogen (secondary N) is 4. The molecule has 3 aliphatic carbocycles. The van der Waals surface area contributed by atoms with Crippen LogP contribution in [0.3, 0.4) is 0 Å². The van der Waals surface area contributed by atoms with Crippen molar-refractivity contribution in [2.75, 3.05) is 51.3 Å². The number of rotatable bonds is 16. The second kappa shape index (κ2) is 25.0. The molecule has 6 atom stereocenters. The number of amides is 4. The van der Waals surface area contributed by atoms with E-state index in [1.54, 1.807) is 23.5 Å². The molecule has 0 bridgehead atoms. The molecule has 2 aliphatic heterocycles. The van der Waals surface area contributed by atoms with Crippen molar-refractivity contribution < 1.29 is 28.7 Å². The molecule has 2 saturated heterocycles. The van der Waals surface area contributed by atoms with E-state index in [9.17, 15) is 19.2 Å². The molecular weight excluding hydrogens is 1020 g/mol. The molecule has 9 rings (SSSR count). The number of alkyl carbamates (subject to hydrolysis) is 2. The van der Waals surface area contributed by atoms with Crippen LogP contribution < -0.4 is 10.6 Å². The summed E-state index contributed by atoms with van der Waals surface area (Å²) in [6.45, 7) is 10.4. The van der Waals surface area contributed by atoms with Gasteiger partial charge in [-0.25, -0.2) is 19.6 Å². The van der Waals surface area contributed by atoms with E-state index in [4.69, 9.17) is 19.4 Å². The van der Waals surface area contributed by atoms with Crippen LogP contribution in [-0.4, -0.2) is 117 Å². The van der Waals surface area contributed by atoms with Crippen molar-refractivity contribution in [3.63, 3.8) is 0 Å². The number of allylic oxidation sites excluding steroid dienone is 8. The number of H-pyrrole nitrogens is 2. The monoisotopic (exact) mass is 1100 g/mol. The highest BCUT2D eigenvalue weighted by atomic mass is 32.2. The molecule has 2 aromatic heterocycles. The third kappa shape index (κ3) is 13.2. The first-order chi connectivity index (χ1) is 37.7. The molecule has 4 heterocycles. The molecule has 2 aromatic carbocycles. The average molecular weight is 1100 g/mol. The number of carbonyl (C=O) groups excluding carboxylic acids is 4. The molecule has 14 nitrogen and oxygen atoms in total. The van der Waals surface area contributed by atoms with E-state index in [2.05, 4.69) is 121 Å². The van der Waals surface area contributed by atoms with E-state index >= 15 is 0 Å². The van der Waals surface area contributed by atoms with Gasteiger partial charge in [-0.05, 0) is 165 Å². The number of likely N-dealkylation sites (tertiary alicyclic amines) is 2. The number of benzene rings is 2. The van der Waals surface area contributed by atoms with Gasteiger partial charge in [0.15, 0.2) is 0 Å². The summed E-state index contributed by atoms with van der Waals surface area (Å²) in [5, 5.41) is 5.60. The topological polar surface area (TPSA) is 175 Å². The van der Waals surface area contributed by atoms with Crippen LogP contribution in [0, 0.1) is 22.7 Å². The van der Waals surface area contributed by atoms with Gasteiger partial charge in [-0.3, -0.25) is 9.59 Å². The van der Waals surface area contributed by atoms with Gasteiger partial charge in [-0.2, -0.15) is 23.5 Å². The average Bonchev–Trinajstić information content (AvgIpc) is 4.04. The minimum absolute atomic E-state index is 0.0783. The van der Waals surface area contributed by atoms with E-state index in [1.807, 2.05) is 34.7 Å². The maximum absolute atomic E-state index is 14.1. The van der Waals surface area contributed by atoms with Crippen LogP contribution in [0.15, 0.2) is 96.4 Å². The number of hydrogen-bond acceptors (Lipinski definition) is 10. The van der Waals surface area contributed by atoms with E-state index in [-0.39, 0.29) is 34.7 Å². The van der Waals surface area contributed by atoms with Gasteiger partial charge in [0.25, 0.3) is 0 Å². The Bertz CT molecular complexity index is 2910. The van der Waals surface area contributed by atoms with Crippen LogP contribution in [0.5, 0.6) is 0 Å². The van der Waals surface area contributed by atoms with Gasteiger partial charge in [0.2, 0.25) is 11.8 Å². The minimum Gasteiger partial charge on any atom is -0.453 e. The molecule has 4 N–H and O–H groups in total. The lowest BCUT2D eigenvalue weighted by Crippen LogP contribution is -2.49. The second-order valence-corrected chi connectivity index (χ2v) is 24.7. The zero-order chi connectivity index (χ0) is 55.1. The van der Waals surface area contributed by atoms with Gasteiger partial charge in [0.05, 0.1) is 37.7 Å². The predicted octanol–water partition coefficient (Wildman–Crippen LogP) is 12.7. The van der Waals surface area contributed by atoms with Crippen molar-refractivity contribution >= 4 is 58.7 Å². The largest absolute Gasteiger partial charge is 0.453 e. The SMILES string of the molecule is C/C=C1\C=C(\c2ccc(-c3c[nH]c([C@@H]4CC5(CC5)CN4C(=O)[C@H](CCSC)NC(=O)OC)n3)cc2)[C@H](C)CC[C@@H](C)/C=C\C(=C(/C)c2ccc(-c3c[nH]c([C@@H]4CC5(CC5)CN4C(=O)[C@H](CCSC)NC(=O)OC)n3)cc2)CC1. The summed E-state index contributed by atoms with van der Waals surface area (Å²) < 4.78 is 9.78. The Morgan fingerprint density at radius 3 is 1.68 bits per heavy atom. The van der Waals surface area contributed by atoms with Gasteiger partial charge in [-0.1, -0.05) is 92.3 Å². The summed E-state index contributed by atoms with van der Waals surface area (Å²) >= 11 is 3.30. The Balaban J connectivity index is 0.886. The summed E-state index contributed by atoms with van der Waals surface area (Å²) in [7, 11) is 2.65. The lowest BCUT2D eigenvalue weighted by molar-refractivity contribution is -0.135. The Hall–Kier alpha value is -6.00. The highest BCUT2D eigenvalue weighted by Crippen LogP contribution is 2.59. The van der Waals surface area contributed by atoms with Crippen molar-refractivity contribution in [3.05, 3.63) is 119 Å². The van der Waals surface area contributed by atoms with Crippen molar-refractivity contribution in [3.8, 4) is 22.5 Å². The number of thioether (sulfide) groups is 2. The fourth-order valence-electron chi connectivity index (χ4n) is 11.9. The lowest BCUT2D eigenvalue weighted by atomic mass is 9.84. The third-order valence-electron chi connectivity index (χ3n) is 17.3. The quantitative estimate of drug-likeness (QED) is 0.0845. The Kier molecular flexibility index (Phi) is 18.2. The number of carbonyl (C=O) groups is 4. The number of ether oxygens (including phenoxy) is 2. The number of imidazole rings is 2. The Morgan fingerprint density at radius 2 is 1.22 bits per heavy atom. The van der Waals surface area contributed by atoms with Crippen molar-refractivity contribution in [2.45, 2.75) is 129 Å². The normalized spacial score (nSPS) is 24.6. The summed E-state index contributed by atoms with van der Waals surface area (Å²) in [5.74, 6) is 3.65. The number of aromatic amines is 2. The van der Waals surface area contributed by atoms with Gasteiger partial charge in [0, 0.05) is 36.6 Å². The molecule has 16 heteroatoms. The molecule has 2 spiro atoms. The van der Waals surface area contributed by atoms with Crippen LogP contribution in [0.4, 0.5) is 9.59 Å². The standard InChI is InChI=1S/C62H80N8O6S2/c1-9-42-13-15-43(41(4)44-16-20-46(21-17-44)51-35-63-55(65-51)53-33-61(26-27-61)37-69(53)57(71)49(24-30-77-7)67-59(73)75-5)14-11-39(2)10-12-40(3)48(32-42)45-18-22-47(23-19-45)52-36-64-56(66-52)54-34-62(28-29-62)38-70(54)58(72)50(25-31-78-8)68-60(74)76-6/h9,11,14,16-23,32,35-36,39-40,49-50,53-54H,10,12-13,15,24-31,33-34,37-38H2,1-8H3,(H,63,65)(H,64,66)(H,67,73)(H,68,74)/b14-11-,42-9-,43-41-,48-32+/t39-,40-,49+,50+,53+,54+/m1/s1. The molecule has 4 amide bonds. The van der Waals surface area contributed by atoms with Gasteiger partial charge >= 0.3 is 12.2 Å². The highest BCUT2D eigenvalue weighted by Gasteiger charge is 2.56. The molecular formula is C62H80N8O6S2. The van der Waals surface area contributed by atoms with Crippen LogP contribution >= 0.6 is 23.5 Å². The first-order valence-electron chi connectivity index (χ1n) is 28.0. The van der Waals surface area contributed by atoms with Crippen LogP contribution in [0.2, 0.25) is 0 Å². The predicted molar refractivity (Wildman–Crippen MR) is 314 cm³/mol. The Morgan fingerprint density at radius 1 is 0.731 bits per heavy atom. The maximum Gasteiger partial charge on any atom is 0.407 e. The molecule has 5 aliphatic rings. The fourth-order valence-corrected chi connectivity index (χ4v) is 12.8. The second-order valence-electron chi connectivity index (χ2n) is 22.7. The third-order valence-corrected chi connectivity index (χ3v) is 18.6. The molecule has 4 fully saturated rings. The summed E-state index contributed by atoms with van der Waals surface area (Å²) in [5.41, 5.74) is 11.6. The first kappa shape index (κ1) is 56.7. The van der Waals surface area contributed by atoms with E-state index < -0.39 is 24.3 Å². The van der Waals surface area contributed by atoms with Crippen molar-refractivity contribution in [1.29, 1.82) is 0 Å². The molecule has 416 valence electrons. The molecule has 2 saturated carbocycles. The van der Waals surface area contributed by atoms with Crippen molar-refractivity contribution in [1.82, 2.24) is 40.4 Å². The fraction of sp³-hybridized carbons (Fsp3) is 0.516. The first-order valence-corrected chi connectivity index (χ1v) is 30.8. The van der Waals surface area contributed by atoms with Crippen LogP contribution in [-0.2, 0) is 19.1 Å². The number of aromatic nitrogens is 4. The van der Waals surface area contributed by atoms with E-state index in [0.717, 1.165) is 110 Å². The lowest BCUT2D eigenvalue weighted by Gasteiger charge is -2.28. The van der Waals surface area contributed by atoms with E-state index in [0.29, 0.717) is 37.8 Å². The molecule has 0 radical (unpaired) electrons. The van der Waals surface area contributed by atoms with Gasteiger partial charge in [-0.15, -0.1) is 0 Å². The van der Waals surface area contributed by atoms with Gasteiger partial charge < -0.3 is 39.9 Å². The number of nitrogens with zero attached hydrogens (tertiary/aromatic N) is 4. The Labute approximate surface area is 469 Å².